The number of benzene rings is 1. The van der Waals surface area contributed by atoms with Gasteiger partial charge >= 0.3 is 0 Å². The highest BCUT2D eigenvalue weighted by Crippen LogP contribution is 2.31. The largest absolute Gasteiger partial charge is 0.289 e. The van der Waals surface area contributed by atoms with E-state index in [9.17, 15) is 13.6 Å². The Bertz CT molecular complexity index is 572. The maximum absolute atomic E-state index is 12.9. The monoisotopic (exact) mass is 267 g/mol. The highest BCUT2D eigenvalue weighted by atomic mass is 35.5. The van der Waals surface area contributed by atoms with E-state index in [1.807, 2.05) is 0 Å². The minimum absolute atomic E-state index is 0.0799. The van der Waals surface area contributed by atoms with Gasteiger partial charge in [-0.15, -0.1) is 0 Å². The number of carbonyl (C=O) groups excluding carboxylic acids is 1. The van der Waals surface area contributed by atoms with Crippen molar-refractivity contribution in [1.82, 2.24) is 4.98 Å². The first-order valence-corrected chi connectivity index (χ1v) is 5.50. The second kappa shape index (κ2) is 5.23. The molecule has 2 aromatic rings. The van der Waals surface area contributed by atoms with Crippen molar-refractivity contribution >= 4 is 17.4 Å². The Balaban J connectivity index is 2.52. The topological polar surface area (TPSA) is 30.0 Å². The van der Waals surface area contributed by atoms with Crippen molar-refractivity contribution in [1.29, 1.82) is 0 Å². The molecule has 0 bridgehead atoms. The van der Waals surface area contributed by atoms with E-state index in [0.29, 0.717) is 5.56 Å². The lowest BCUT2D eigenvalue weighted by atomic mass is 9.99. The standard InChI is InChI=1S/C13H8ClF2NO/c14-10-3-1-2-9(11(10)13(15)16)12(18)8-4-6-17-7-5-8/h1-7,13H. The number of halogens is 3. The summed E-state index contributed by atoms with van der Waals surface area (Å²) in [5, 5.41) is -0.107. The van der Waals surface area contributed by atoms with Crippen LogP contribution in [0.3, 0.4) is 0 Å². The fraction of sp³-hybridized carbons (Fsp3) is 0.0769. The summed E-state index contributed by atoms with van der Waals surface area (Å²) in [6.45, 7) is 0. The van der Waals surface area contributed by atoms with Crippen LogP contribution in [-0.4, -0.2) is 10.8 Å². The van der Waals surface area contributed by atoms with Crippen LogP contribution in [0.25, 0.3) is 0 Å². The van der Waals surface area contributed by atoms with E-state index in [1.54, 1.807) is 0 Å². The summed E-state index contributed by atoms with van der Waals surface area (Å²) in [4.78, 5) is 15.9. The van der Waals surface area contributed by atoms with Gasteiger partial charge in [0.05, 0.1) is 5.02 Å². The Morgan fingerprint density at radius 3 is 2.44 bits per heavy atom. The average Bonchev–Trinajstić information content (AvgIpc) is 2.38. The van der Waals surface area contributed by atoms with E-state index in [0.717, 1.165) is 0 Å². The van der Waals surface area contributed by atoms with Crippen LogP contribution >= 0.6 is 11.6 Å². The summed E-state index contributed by atoms with van der Waals surface area (Å²) >= 11 is 5.71. The van der Waals surface area contributed by atoms with Crippen molar-refractivity contribution in [2.24, 2.45) is 0 Å². The molecule has 2 rings (SSSR count). The first kappa shape index (κ1) is 12.6. The van der Waals surface area contributed by atoms with Crippen molar-refractivity contribution in [3.63, 3.8) is 0 Å². The normalized spacial score (nSPS) is 10.7. The molecule has 0 aliphatic heterocycles. The number of ketones is 1. The number of pyridine rings is 1. The minimum atomic E-state index is -2.79. The van der Waals surface area contributed by atoms with E-state index < -0.39 is 17.8 Å². The SMILES string of the molecule is O=C(c1ccncc1)c1cccc(Cl)c1C(F)F. The Labute approximate surface area is 107 Å². The van der Waals surface area contributed by atoms with Gasteiger partial charge in [-0.3, -0.25) is 9.78 Å². The van der Waals surface area contributed by atoms with Crippen molar-refractivity contribution in [2.45, 2.75) is 6.43 Å². The van der Waals surface area contributed by atoms with Gasteiger partial charge in [0.1, 0.15) is 0 Å². The molecule has 0 aliphatic carbocycles. The molecule has 1 aromatic carbocycles. The van der Waals surface area contributed by atoms with Crippen LogP contribution in [0.5, 0.6) is 0 Å². The number of hydrogen-bond donors (Lipinski definition) is 0. The minimum Gasteiger partial charge on any atom is -0.289 e. The molecule has 0 atom stereocenters. The number of carbonyl (C=O) groups is 1. The molecule has 0 spiro atoms. The van der Waals surface area contributed by atoms with E-state index in [1.165, 1.54) is 42.7 Å². The molecule has 0 fully saturated rings. The van der Waals surface area contributed by atoms with Crippen LogP contribution in [0, 0.1) is 0 Å². The second-order valence-corrected chi connectivity index (χ2v) is 3.97. The third kappa shape index (κ3) is 2.38. The highest BCUT2D eigenvalue weighted by Gasteiger charge is 2.21. The molecule has 0 aliphatic rings. The average molecular weight is 268 g/mol. The lowest BCUT2D eigenvalue weighted by Crippen LogP contribution is -2.06. The molecule has 0 N–H and O–H groups in total. The zero-order chi connectivity index (χ0) is 13.1. The molecule has 5 heteroatoms. The van der Waals surface area contributed by atoms with Gasteiger partial charge in [-0.1, -0.05) is 23.7 Å². The van der Waals surface area contributed by atoms with Crippen LogP contribution in [0.2, 0.25) is 5.02 Å². The summed E-state index contributed by atoms with van der Waals surface area (Å²) in [5.74, 6) is -0.491. The molecule has 18 heavy (non-hydrogen) atoms. The van der Waals surface area contributed by atoms with Gasteiger partial charge in [0.2, 0.25) is 0 Å². The van der Waals surface area contributed by atoms with Gasteiger partial charge in [-0.25, -0.2) is 8.78 Å². The molecule has 1 aromatic heterocycles. The molecule has 0 radical (unpaired) electrons. The molecule has 0 saturated heterocycles. The Morgan fingerprint density at radius 2 is 1.83 bits per heavy atom. The van der Waals surface area contributed by atoms with Gasteiger partial charge in [0.25, 0.3) is 6.43 Å². The molecule has 0 amide bonds. The molecule has 0 saturated carbocycles. The third-order valence-corrected chi connectivity index (χ3v) is 2.79. The molecular weight excluding hydrogens is 260 g/mol. The number of nitrogens with zero attached hydrogens (tertiary/aromatic N) is 1. The summed E-state index contributed by atoms with van der Waals surface area (Å²) in [6, 6.07) is 7.10. The molecule has 1 heterocycles. The zero-order valence-electron chi connectivity index (χ0n) is 9.11. The fourth-order valence-electron chi connectivity index (χ4n) is 1.62. The fourth-order valence-corrected chi connectivity index (χ4v) is 1.87. The predicted octanol–water partition coefficient (Wildman–Crippen LogP) is 3.90. The zero-order valence-corrected chi connectivity index (χ0v) is 9.86. The number of alkyl halides is 2. The molecule has 92 valence electrons. The lowest BCUT2D eigenvalue weighted by Gasteiger charge is -2.09. The molecule has 2 nitrogen and oxygen atoms in total. The Kier molecular flexibility index (Phi) is 3.67. The van der Waals surface area contributed by atoms with E-state index in [2.05, 4.69) is 4.98 Å². The van der Waals surface area contributed by atoms with E-state index in [4.69, 9.17) is 11.6 Å². The molecule has 0 unspecified atom stereocenters. The van der Waals surface area contributed by atoms with Crippen LogP contribution in [0.4, 0.5) is 8.78 Å². The van der Waals surface area contributed by atoms with Crippen LogP contribution in [-0.2, 0) is 0 Å². The highest BCUT2D eigenvalue weighted by molar-refractivity contribution is 6.32. The van der Waals surface area contributed by atoms with Crippen LogP contribution in [0.1, 0.15) is 27.9 Å². The van der Waals surface area contributed by atoms with Crippen molar-refractivity contribution in [2.75, 3.05) is 0 Å². The Morgan fingerprint density at radius 1 is 1.17 bits per heavy atom. The maximum Gasteiger partial charge on any atom is 0.266 e. The van der Waals surface area contributed by atoms with Gasteiger partial charge in [-0.05, 0) is 18.2 Å². The number of rotatable bonds is 3. The quantitative estimate of drug-likeness (QED) is 0.790. The number of aromatic nitrogens is 1. The van der Waals surface area contributed by atoms with Crippen LogP contribution in [0.15, 0.2) is 42.7 Å². The predicted molar refractivity (Wildman–Crippen MR) is 64.1 cm³/mol. The summed E-state index contributed by atoms with van der Waals surface area (Å²) < 4.78 is 25.8. The third-order valence-electron chi connectivity index (χ3n) is 2.46. The van der Waals surface area contributed by atoms with Gasteiger partial charge in [-0.2, -0.15) is 0 Å². The van der Waals surface area contributed by atoms with Gasteiger partial charge < -0.3 is 0 Å². The van der Waals surface area contributed by atoms with E-state index >= 15 is 0 Å². The first-order chi connectivity index (χ1) is 8.61. The van der Waals surface area contributed by atoms with Gasteiger partial charge in [0.15, 0.2) is 5.78 Å². The Hall–Kier alpha value is -1.81. The molecular formula is C13H8ClF2NO. The van der Waals surface area contributed by atoms with Crippen molar-refractivity contribution < 1.29 is 13.6 Å². The summed E-state index contributed by atoms with van der Waals surface area (Å²) in [5.41, 5.74) is -0.209. The van der Waals surface area contributed by atoms with Gasteiger partial charge in [0, 0.05) is 29.1 Å². The lowest BCUT2D eigenvalue weighted by molar-refractivity contribution is 0.102. The maximum atomic E-state index is 12.9. The van der Waals surface area contributed by atoms with Crippen LogP contribution < -0.4 is 0 Å². The van der Waals surface area contributed by atoms with Crippen molar-refractivity contribution in [3.05, 3.63) is 64.4 Å². The van der Waals surface area contributed by atoms with E-state index in [-0.39, 0.29) is 10.6 Å². The second-order valence-electron chi connectivity index (χ2n) is 3.57. The number of hydrogen-bond acceptors (Lipinski definition) is 2. The van der Waals surface area contributed by atoms with Crippen molar-refractivity contribution in [3.8, 4) is 0 Å². The smallest absolute Gasteiger partial charge is 0.266 e. The first-order valence-electron chi connectivity index (χ1n) is 5.12. The summed E-state index contributed by atoms with van der Waals surface area (Å²) in [6.07, 6.45) is 0.0686. The summed E-state index contributed by atoms with van der Waals surface area (Å²) in [7, 11) is 0.